The van der Waals surface area contributed by atoms with E-state index in [2.05, 4.69) is 25.9 Å². The van der Waals surface area contributed by atoms with Gasteiger partial charge in [-0.15, -0.1) is 0 Å². The van der Waals surface area contributed by atoms with E-state index in [9.17, 15) is 4.79 Å². The van der Waals surface area contributed by atoms with Crippen LogP contribution in [0.5, 0.6) is 0 Å². The summed E-state index contributed by atoms with van der Waals surface area (Å²) >= 11 is 3.38. The number of pyridine rings is 2. The van der Waals surface area contributed by atoms with Crippen LogP contribution in [0.4, 0.5) is 5.82 Å². The van der Waals surface area contributed by atoms with Gasteiger partial charge in [-0.3, -0.25) is 4.79 Å². The lowest BCUT2D eigenvalue weighted by atomic mass is 10.1. The van der Waals surface area contributed by atoms with Crippen LogP contribution in [0, 0.1) is 0 Å². The largest absolute Gasteiger partial charge is 0.383 e. The van der Waals surface area contributed by atoms with E-state index in [0.29, 0.717) is 16.7 Å². The first kappa shape index (κ1) is 12.7. The molecule has 1 amide bonds. The summed E-state index contributed by atoms with van der Waals surface area (Å²) in [5.41, 5.74) is 18.0. The number of nitrogens with zero attached hydrogens (tertiary/aromatic N) is 2. The Morgan fingerprint density at radius 2 is 2.06 bits per heavy atom. The van der Waals surface area contributed by atoms with Crippen LogP contribution in [-0.4, -0.2) is 15.9 Å². The van der Waals surface area contributed by atoms with Gasteiger partial charge in [-0.05, 0) is 35.0 Å². The number of carbonyl (C=O) groups excluding carboxylic acids is 1. The summed E-state index contributed by atoms with van der Waals surface area (Å²) in [6, 6.07) is 3.13. The highest BCUT2D eigenvalue weighted by molar-refractivity contribution is 9.10. The number of nitrogens with two attached hydrogens (primary N) is 3. The predicted octanol–water partition coefficient (Wildman–Crippen LogP) is 1.09. The third-order valence-electron chi connectivity index (χ3n) is 2.51. The van der Waals surface area contributed by atoms with Crippen molar-refractivity contribution in [3.63, 3.8) is 0 Å². The lowest BCUT2D eigenvalue weighted by molar-refractivity contribution is 0.100. The second-order valence-electron chi connectivity index (χ2n) is 3.98. The van der Waals surface area contributed by atoms with Crippen LogP contribution in [0.3, 0.4) is 0 Å². The Morgan fingerprint density at radius 1 is 1.39 bits per heavy atom. The van der Waals surface area contributed by atoms with Crippen molar-refractivity contribution in [3.8, 4) is 0 Å². The SMILES string of the molecule is CC(N)c1nc2nc(N)c(C(N)=O)cc2cc1Br. The Kier molecular flexibility index (Phi) is 3.18. The fraction of sp³-hybridized carbons (Fsp3) is 0.182. The minimum absolute atomic E-state index is 0.0699. The van der Waals surface area contributed by atoms with E-state index in [1.807, 2.05) is 6.92 Å². The van der Waals surface area contributed by atoms with Gasteiger partial charge in [-0.25, -0.2) is 9.97 Å². The molecule has 7 heteroatoms. The van der Waals surface area contributed by atoms with Crippen LogP contribution in [0.1, 0.15) is 29.0 Å². The molecule has 0 aliphatic heterocycles. The summed E-state index contributed by atoms with van der Waals surface area (Å²) in [4.78, 5) is 19.6. The molecule has 2 rings (SSSR count). The third-order valence-corrected chi connectivity index (χ3v) is 3.15. The molecule has 2 heterocycles. The van der Waals surface area contributed by atoms with E-state index in [1.165, 1.54) is 0 Å². The highest BCUT2D eigenvalue weighted by Gasteiger charge is 2.13. The Balaban J connectivity index is 2.74. The van der Waals surface area contributed by atoms with Crippen molar-refractivity contribution in [2.75, 3.05) is 5.73 Å². The highest BCUT2D eigenvalue weighted by Crippen LogP contribution is 2.25. The lowest BCUT2D eigenvalue weighted by Crippen LogP contribution is -2.15. The zero-order valence-corrected chi connectivity index (χ0v) is 11.2. The summed E-state index contributed by atoms with van der Waals surface area (Å²) in [6.07, 6.45) is 0. The molecule has 0 radical (unpaired) electrons. The zero-order valence-electron chi connectivity index (χ0n) is 9.64. The number of hydrogen-bond acceptors (Lipinski definition) is 5. The van der Waals surface area contributed by atoms with E-state index < -0.39 is 5.91 Å². The van der Waals surface area contributed by atoms with Gasteiger partial charge in [0.2, 0.25) is 0 Å². The summed E-state index contributed by atoms with van der Waals surface area (Å²) in [5, 5.41) is 0.675. The highest BCUT2D eigenvalue weighted by atomic mass is 79.9. The minimum atomic E-state index is -0.616. The number of aromatic nitrogens is 2. The number of anilines is 1. The Morgan fingerprint density at radius 3 is 2.61 bits per heavy atom. The molecule has 0 spiro atoms. The standard InChI is InChI=1S/C11H12BrN5O/c1-4(13)8-7(12)3-5-2-6(10(15)18)9(14)17-11(5)16-8/h2-4H,13H2,1H3,(H2,15,18)(H2,14,16,17). The second-order valence-corrected chi connectivity index (χ2v) is 4.83. The van der Waals surface area contributed by atoms with Crippen molar-refractivity contribution < 1.29 is 4.79 Å². The average Bonchev–Trinajstić information content (AvgIpc) is 2.27. The number of primary amides is 1. The van der Waals surface area contributed by atoms with Gasteiger partial charge < -0.3 is 17.2 Å². The summed E-state index contributed by atoms with van der Waals surface area (Å²) in [6.45, 7) is 1.82. The number of fused-ring (bicyclic) bond motifs is 1. The molecule has 0 saturated carbocycles. The molecule has 1 atom stereocenters. The van der Waals surface area contributed by atoms with Gasteiger partial charge in [0.15, 0.2) is 5.65 Å². The molecule has 0 aromatic carbocycles. The first-order valence-electron chi connectivity index (χ1n) is 5.22. The molecule has 6 nitrogen and oxygen atoms in total. The molecule has 6 N–H and O–H groups in total. The zero-order chi connectivity index (χ0) is 13.4. The van der Waals surface area contributed by atoms with Crippen molar-refractivity contribution >= 4 is 38.7 Å². The van der Waals surface area contributed by atoms with Crippen molar-refractivity contribution in [3.05, 3.63) is 27.9 Å². The van der Waals surface area contributed by atoms with Gasteiger partial charge in [0, 0.05) is 15.9 Å². The fourth-order valence-electron chi connectivity index (χ4n) is 1.62. The number of carbonyl (C=O) groups is 1. The molecule has 0 aliphatic carbocycles. The van der Waals surface area contributed by atoms with Crippen molar-refractivity contribution in [2.45, 2.75) is 13.0 Å². The van der Waals surface area contributed by atoms with E-state index in [0.717, 1.165) is 4.47 Å². The van der Waals surface area contributed by atoms with Crippen LogP contribution in [0.2, 0.25) is 0 Å². The number of hydrogen-bond donors (Lipinski definition) is 3. The quantitative estimate of drug-likeness (QED) is 0.766. The molecule has 1 unspecified atom stereocenters. The summed E-state index contributed by atoms with van der Waals surface area (Å²) < 4.78 is 0.756. The maximum Gasteiger partial charge on any atom is 0.252 e. The van der Waals surface area contributed by atoms with Gasteiger partial charge >= 0.3 is 0 Å². The Hall–Kier alpha value is -1.73. The van der Waals surface area contributed by atoms with Crippen LogP contribution >= 0.6 is 15.9 Å². The number of rotatable bonds is 2. The maximum absolute atomic E-state index is 11.2. The predicted molar refractivity (Wildman–Crippen MR) is 72.8 cm³/mol. The molecule has 94 valence electrons. The Labute approximate surface area is 112 Å². The van der Waals surface area contributed by atoms with Gasteiger partial charge in [-0.1, -0.05) is 0 Å². The molecule has 0 fully saturated rings. The molecule has 0 saturated heterocycles. The van der Waals surface area contributed by atoms with Crippen LogP contribution in [0.25, 0.3) is 11.0 Å². The summed E-state index contributed by atoms with van der Waals surface area (Å²) in [7, 11) is 0. The van der Waals surface area contributed by atoms with Crippen LogP contribution in [0.15, 0.2) is 16.6 Å². The number of amides is 1. The normalized spacial score (nSPS) is 12.6. The molecule has 2 aromatic heterocycles. The molecule has 18 heavy (non-hydrogen) atoms. The summed E-state index contributed by atoms with van der Waals surface area (Å²) in [5.74, 6) is -0.547. The molecule has 0 aliphatic rings. The van der Waals surface area contributed by atoms with E-state index in [1.54, 1.807) is 12.1 Å². The molecule has 0 bridgehead atoms. The van der Waals surface area contributed by atoms with Gasteiger partial charge in [0.05, 0.1) is 11.3 Å². The van der Waals surface area contributed by atoms with Gasteiger partial charge in [0.25, 0.3) is 5.91 Å². The molecule has 2 aromatic rings. The maximum atomic E-state index is 11.2. The second kappa shape index (κ2) is 4.51. The monoisotopic (exact) mass is 309 g/mol. The van der Waals surface area contributed by atoms with E-state index in [-0.39, 0.29) is 17.4 Å². The number of halogens is 1. The van der Waals surface area contributed by atoms with Gasteiger partial charge in [0.1, 0.15) is 5.82 Å². The topological polar surface area (TPSA) is 121 Å². The fourth-order valence-corrected chi connectivity index (χ4v) is 2.32. The smallest absolute Gasteiger partial charge is 0.252 e. The van der Waals surface area contributed by atoms with Gasteiger partial charge in [-0.2, -0.15) is 0 Å². The number of nitrogen functional groups attached to an aromatic ring is 1. The Bertz CT molecular complexity index is 641. The first-order valence-corrected chi connectivity index (χ1v) is 6.01. The van der Waals surface area contributed by atoms with Crippen molar-refractivity contribution in [1.82, 2.24) is 9.97 Å². The van der Waals surface area contributed by atoms with Crippen LogP contribution < -0.4 is 17.2 Å². The van der Waals surface area contributed by atoms with Crippen molar-refractivity contribution in [2.24, 2.45) is 11.5 Å². The van der Waals surface area contributed by atoms with Crippen LogP contribution in [-0.2, 0) is 0 Å². The first-order chi connectivity index (χ1) is 8.40. The van der Waals surface area contributed by atoms with Crippen molar-refractivity contribution in [1.29, 1.82) is 0 Å². The molecular formula is C11H12BrN5O. The average molecular weight is 310 g/mol. The third kappa shape index (κ3) is 2.14. The van der Waals surface area contributed by atoms with E-state index >= 15 is 0 Å². The van der Waals surface area contributed by atoms with E-state index in [4.69, 9.17) is 17.2 Å². The minimum Gasteiger partial charge on any atom is -0.383 e. The molecular weight excluding hydrogens is 298 g/mol. The lowest BCUT2D eigenvalue weighted by Gasteiger charge is -2.10.